The summed E-state index contributed by atoms with van der Waals surface area (Å²) in [5, 5.41) is 0.599. The van der Waals surface area contributed by atoms with Crippen LogP contribution in [0.25, 0.3) is 10.9 Å². The summed E-state index contributed by atoms with van der Waals surface area (Å²) in [6.45, 7) is 0.574. The van der Waals surface area contributed by atoms with E-state index in [2.05, 4.69) is 15.0 Å². The minimum absolute atomic E-state index is 0.128. The maximum absolute atomic E-state index is 12.0. The number of fused-ring (bicyclic) bond motifs is 1. The predicted octanol–water partition coefficient (Wildman–Crippen LogP) is 1.29. The van der Waals surface area contributed by atoms with Crippen LogP contribution in [0.15, 0.2) is 41.5 Å². The smallest absolute Gasteiger partial charge is 0.260 e. The number of aromatic amines is 1. The lowest BCUT2D eigenvalue weighted by molar-refractivity contribution is 0.747. The van der Waals surface area contributed by atoms with E-state index in [1.807, 2.05) is 48.0 Å². The number of para-hydroxylation sites is 1. The SMILES string of the molecule is CN(Cc1nccn1C)c1nc2ccccc2c(=O)[nH]1. The first-order chi connectivity index (χ1) is 9.65. The average molecular weight is 269 g/mol. The second-order valence-electron chi connectivity index (χ2n) is 4.72. The molecule has 3 aromatic rings. The Labute approximate surface area is 115 Å². The van der Waals surface area contributed by atoms with Gasteiger partial charge in [0, 0.05) is 26.5 Å². The van der Waals surface area contributed by atoms with E-state index in [-0.39, 0.29) is 5.56 Å². The largest absolute Gasteiger partial charge is 0.338 e. The van der Waals surface area contributed by atoms with E-state index in [0.717, 1.165) is 5.82 Å². The molecule has 0 aliphatic carbocycles. The number of anilines is 1. The third-order valence-electron chi connectivity index (χ3n) is 3.26. The third kappa shape index (κ3) is 2.16. The summed E-state index contributed by atoms with van der Waals surface area (Å²) in [7, 11) is 3.81. The molecule has 0 bridgehead atoms. The van der Waals surface area contributed by atoms with Crippen LogP contribution >= 0.6 is 0 Å². The van der Waals surface area contributed by atoms with Gasteiger partial charge in [-0.2, -0.15) is 0 Å². The quantitative estimate of drug-likeness (QED) is 0.778. The molecule has 0 amide bonds. The molecule has 1 aromatic carbocycles. The van der Waals surface area contributed by atoms with E-state index in [4.69, 9.17) is 0 Å². The summed E-state index contributed by atoms with van der Waals surface area (Å²) in [5.74, 6) is 1.44. The molecular weight excluding hydrogens is 254 g/mol. The van der Waals surface area contributed by atoms with E-state index in [9.17, 15) is 4.79 Å². The van der Waals surface area contributed by atoms with E-state index in [0.29, 0.717) is 23.4 Å². The lowest BCUT2D eigenvalue weighted by Crippen LogP contribution is -2.24. The highest BCUT2D eigenvalue weighted by Gasteiger charge is 2.10. The molecule has 3 rings (SSSR count). The lowest BCUT2D eigenvalue weighted by Gasteiger charge is -2.17. The van der Waals surface area contributed by atoms with Crippen molar-refractivity contribution in [2.24, 2.45) is 7.05 Å². The molecule has 2 heterocycles. The molecule has 6 nitrogen and oxygen atoms in total. The first kappa shape index (κ1) is 12.4. The Bertz CT molecular complexity index is 804. The molecular formula is C14H15N5O. The molecule has 0 saturated carbocycles. The summed E-state index contributed by atoms with van der Waals surface area (Å²) in [4.78, 5) is 25.5. The van der Waals surface area contributed by atoms with Crippen molar-refractivity contribution >= 4 is 16.9 Å². The molecule has 0 aliphatic rings. The molecule has 0 spiro atoms. The minimum Gasteiger partial charge on any atom is -0.338 e. The Morgan fingerprint density at radius 2 is 2.15 bits per heavy atom. The van der Waals surface area contributed by atoms with Crippen LogP contribution in [0.3, 0.4) is 0 Å². The maximum Gasteiger partial charge on any atom is 0.260 e. The molecule has 0 radical (unpaired) electrons. The monoisotopic (exact) mass is 269 g/mol. The molecule has 2 aromatic heterocycles. The lowest BCUT2D eigenvalue weighted by atomic mass is 10.2. The number of nitrogens with one attached hydrogen (secondary N) is 1. The number of nitrogens with zero attached hydrogens (tertiary/aromatic N) is 4. The van der Waals surface area contributed by atoms with Gasteiger partial charge in [-0.1, -0.05) is 12.1 Å². The molecule has 1 N–H and O–H groups in total. The summed E-state index contributed by atoms with van der Waals surface area (Å²) in [6.07, 6.45) is 3.64. The van der Waals surface area contributed by atoms with E-state index < -0.39 is 0 Å². The minimum atomic E-state index is -0.128. The van der Waals surface area contributed by atoms with E-state index in [1.165, 1.54) is 0 Å². The van der Waals surface area contributed by atoms with Crippen LogP contribution < -0.4 is 10.5 Å². The number of hydrogen-bond acceptors (Lipinski definition) is 4. The molecule has 0 fully saturated rings. The highest BCUT2D eigenvalue weighted by Crippen LogP contribution is 2.12. The van der Waals surface area contributed by atoms with Gasteiger partial charge in [0.25, 0.3) is 5.56 Å². The van der Waals surface area contributed by atoms with Crippen LogP contribution in [-0.2, 0) is 13.6 Å². The first-order valence-electron chi connectivity index (χ1n) is 6.31. The summed E-state index contributed by atoms with van der Waals surface area (Å²) < 4.78 is 1.94. The number of benzene rings is 1. The van der Waals surface area contributed by atoms with Crippen LogP contribution in [0.4, 0.5) is 5.95 Å². The van der Waals surface area contributed by atoms with Crippen LogP contribution in [0, 0.1) is 0 Å². The van der Waals surface area contributed by atoms with E-state index in [1.54, 1.807) is 12.3 Å². The van der Waals surface area contributed by atoms with Gasteiger partial charge in [0.05, 0.1) is 17.4 Å². The van der Waals surface area contributed by atoms with Crippen molar-refractivity contribution in [1.82, 2.24) is 19.5 Å². The van der Waals surface area contributed by atoms with Crippen LogP contribution in [0.1, 0.15) is 5.82 Å². The fourth-order valence-electron chi connectivity index (χ4n) is 2.09. The van der Waals surface area contributed by atoms with Gasteiger partial charge in [-0.05, 0) is 12.1 Å². The van der Waals surface area contributed by atoms with Gasteiger partial charge in [0.2, 0.25) is 5.95 Å². The number of hydrogen-bond donors (Lipinski definition) is 1. The number of H-pyrrole nitrogens is 1. The zero-order valence-corrected chi connectivity index (χ0v) is 11.4. The van der Waals surface area contributed by atoms with Crippen molar-refractivity contribution in [3.8, 4) is 0 Å². The fraction of sp³-hybridized carbons (Fsp3) is 0.214. The zero-order chi connectivity index (χ0) is 14.1. The fourth-order valence-corrected chi connectivity index (χ4v) is 2.09. The normalized spacial score (nSPS) is 10.9. The number of rotatable bonds is 3. The standard InChI is InChI=1S/C14H15N5O/c1-18-8-7-15-12(18)9-19(2)14-16-11-6-4-3-5-10(11)13(20)17-14/h3-8H,9H2,1-2H3,(H,16,17,20). The maximum atomic E-state index is 12.0. The Kier molecular flexibility index (Phi) is 2.98. The summed E-state index contributed by atoms with van der Waals surface area (Å²) in [5.41, 5.74) is 0.565. The van der Waals surface area contributed by atoms with Crippen LogP contribution in [-0.4, -0.2) is 26.6 Å². The Balaban J connectivity index is 1.98. The topological polar surface area (TPSA) is 66.8 Å². The van der Waals surface area contributed by atoms with Crippen LogP contribution in [0.5, 0.6) is 0 Å². The van der Waals surface area contributed by atoms with Gasteiger partial charge in [-0.15, -0.1) is 0 Å². The number of imidazole rings is 1. The van der Waals surface area contributed by atoms with Crippen molar-refractivity contribution in [1.29, 1.82) is 0 Å². The van der Waals surface area contributed by atoms with Gasteiger partial charge >= 0.3 is 0 Å². The third-order valence-corrected chi connectivity index (χ3v) is 3.26. The number of aryl methyl sites for hydroxylation is 1. The molecule has 6 heteroatoms. The Morgan fingerprint density at radius 1 is 1.35 bits per heavy atom. The van der Waals surface area contributed by atoms with Crippen molar-refractivity contribution in [3.05, 3.63) is 52.8 Å². The summed E-state index contributed by atoms with van der Waals surface area (Å²) in [6, 6.07) is 7.31. The highest BCUT2D eigenvalue weighted by molar-refractivity contribution is 5.78. The second-order valence-corrected chi connectivity index (χ2v) is 4.72. The Hall–Kier alpha value is -2.63. The summed E-state index contributed by atoms with van der Waals surface area (Å²) >= 11 is 0. The van der Waals surface area contributed by atoms with Crippen molar-refractivity contribution < 1.29 is 0 Å². The zero-order valence-electron chi connectivity index (χ0n) is 11.4. The Morgan fingerprint density at radius 3 is 2.90 bits per heavy atom. The molecule has 0 aliphatic heterocycles. The second kappa shape index (κ2) is 4.80. The van der Waals surface area contributed by atoms with E-state index >= 15 is 0 Å². The van der Waals surface area contributed by atoms with Gasteiger partial charge in [-0.25, -0.2) is 9.97 Å². The average Bonchev–Trinajstić information content (AvgIpc) is 2.84. The van der Waals surface area contributed by atoms with Gasteiger partial charge in [-0.3, -0.25) is 9.78 Å². The first-order valence-corrected chi connectivity index (χ1v) is 6.31. The highest BCUT2D eigenvalue weighted by atomic mass is 16.1. The van der Waals surface area contributed by atoms with Crippen LogP contribution in [0.2, 0.25) is 0 Å². The molecule has 20 heavy (non-hydrogen) atoms. The van der Waals surface area contributed by atoms with Crippen molar-refractivity contribution in [2.45, 2.75) is 6.54 Å². The van der Waals surface area contributed by atoms with Gasteiger partial charge in [0.1, 0.15) is 5.82 Å². The molecule has 102 valence electrons. The van der Waals surface area contributed by atoms with Crippen molar-refractivity contribution in [3.63, 3.8) is 0 Å². The predicted molar refractivity (Wildman–Crippen MR) is 77.7 cm³/mol. The number of aromatic nitrogens is 4. The molecule has 0 atom stereocenters. The molecule has 0 unspecified atom stereocenters. The van der Waals surface area contributed by atoms with Gasteiger partial charge < -0.3 is 9.47 Å². The molecule has 0 saturated heterocycles. The van der Waals surface area contributed by atoms with Gasteiger partial charge in [0.15, 0.2) is 0 Å². The van der Waals surface area contributed by atoms with Crippen molar-refractivity contribution in [2.75, 3.05) is 11.9 Å².